The molecule has 5 heteroatoms. The van der Waals surface area contributed by atoms with Gasteiger partial charge in [0.05, 0.1) is 23.5 Å². The summed E-state index contributed by atoms with van der Waals surface area (Å²) >= 11 is 0. The molecule has 6 unspecified atom stereocenters. The zero-order valence-corrected chi connectivity index (χ0v) is 19.7. The number of methoxy groups -OCH3 is 1. The van der Waals surface area contributed by atoms with Crippen molar-refractivity contribution >= 4 is 12.6 Å². The number of rotatable bonds is 16. The predicted molar refractivity (Wildman–Crippen MR) is 121 cm³/mol. The van der Waals surface area contributed by atoms with E-state index < -0.39 is 11.3 Å². The van der Waals surface area contributed by atoms with Crippen LogP contribution in [-0.4, -0.2) is 38.9 Å². The van der Waals surface area contributed by atoms with Crippen LogP contribution in [0.25, 0.3) is 0 Å². The fourth-order valence-electron chi connectivity index (χ4n) is 5.24. The van der Waals surface area contributed by atoms with Crippen molar-refractivity contribution in [3.8, 4) is 6.07 Å². The van der Waals surface area contributed by atoms with Gasteiger partial charge in [-0.2, -0.15) is 5.26 Å². The molecule has 0 aromatic rings. The number of hydrogen-bond acceptors (Lipinski definition) is 5. The van der Waals surface area contributed by atoms with Crippen LogP contribution in [0, 0.1) is 40.4 Å². The standard InChI is InChI=1S/C25H44N2O3/c1-5-8-10-20(6-2)11-14-27-13-9-12-25(7-3,19-26)22-15-21(17-28)23(18-29)24(16-22)30-4/h17-18,20-24,27H,5-16H2,1-4H3. The molecular formula is C25H44N2O3. The molecule has 0 saturated heterocycles. The highest BCUT2D eigenvalue weighted by Crippen LogP contribution is 2.47. The smallest absolute Gasteiger partial charge is 0.126 e. The molecule has 0 aromatic carbocycles. The second-order valence-electron chi connectivity index (χ2n) is 9.14. The van der Waals surface area contributed by atoms with Crippen LogP contribution in [0.2, 0.25) is 0 Å². The van der Waals surface area contributed by atoms with Gasteiger partial charge in [-0.05, 0) is 63.5 Å². The third-order valence-electron chi connectivity index (χ3n) is 7.52. The van der Waals surface area contributed by atoms with Gasteiger partial charge in [0.1, 0.15) is 12.6 Å². The maximum atomic E-state index is 11.6. The number of nitrogens with one attached hydrogen (secondary N) is 1. The molecule has 6 atom stereocenters. The largest absolute Gasteiger partial charge is 0.381 e. The van der Waals surface area contributed by atoms with Gasteiger partial charge < -0.3 is 19.6 Å². The highest BCUT2D eigenvalue weighted by atomic mass is 16.5. The van der Waals surface area contributed by atoms with Crippen molar-refractivity contribution in [2.75, 3.05) is 20.2 Å². The number of unbranched alkanes of at least 4 members (excludes halogenated alkanes) is 1. The summed E-state index contributed by atoms with van der Waals surface area (Å²) in [4.78, 5) is 23.1. The lowest BCUT2D eigenvalue weighted by molar-refractivity contribution is -0.131. The Kier molecular flexibility index (Phi) is 13.1. The summed E-state index contributed by atoms with van der Waals surface area (Å²) in [6.45, 7) is 8.55. The van der Waals surface area contributed by atoms with Crippen molar-refractivity contribution in [1.82, 2.24) is 5.32 Å². The first-order chi connectivity index (χ1) is 14.5. The highest BCUT2D eigenvalue weighted by molar-refractivity contribution is 5.66. The minimum absolute atomic E-state index is 0.0855. The van der Waals surface area contributed by atoms with Crippen LogP contribution in [-0.2, 0) is 14.3 Å². The number of nitrogens with zero attached hydrogens (tertiary/aromatic N) is 1. The summed E-state index contributed by atoms with van der Waals surface area (Å²) in [6.07, 6.45) is 11.7. The van der Waals surface area contributed by atoms with Crippen LogP contribution < -0.4 is 5.32 Å². The molecule has 0 radical (unpaired) electrons. The summed E-state index contributed by atoms with van der Waals surface area (Å²) in [6, 6.07) is 2.61. The zero-order valence-electron chi connectivity index (χ0n) is 19.7. The van der Waals surface area contributed by atoms with Crippen molar-refractivity contribution in [3.63, 3.8) is 0 Å². The van der Waals surface area contributed by atoms with Crippen molar-refractivity contribution < 1.29 is 14.3 Å². The monoisotopic (exact) mass is 420 g/mol. The quantitative estimate of drug-likeness (QED) is 0.283. The summed E-state index contributed by atoms with van der Waals surface area (Å²) in [5.74, 6) is 0.156. The van der Waals surface area contributed by atoms with Crippen molar-refractivity contribution in [1.29, 1.82) is 5.26 Å². The number of carbonyl (C=O) groups excluding carboxylic acids is 2. The second kappa shape index (κ2) is 14.7. The number of nitriles is 1. The summed E-state index contributed by atoms with van der Waals surface area (Å²) in [5.41, 5.74) is -0.458. The molecule has 1 saturated carbocycles. The molecule has 5 nitrogen and oxygen atoms in total. The van der Waals surface area contributed by atoms with E-state index in [-0.39, 0.29) is 17.9 Å². The number of ether oxygens (including phenoxy) is 1. The van der Waals surface area contributed by atoms with E-state index in [1.54, 1.807) is 7.11 Å². The first kappa shape index (κ1) is 26.8. The van der Waals surface area contributed by atoms with Crippen LogP contribution in [0.5, 0.6) is 0 Å². The first-order valence-electron chi connectivity index (χ1n) is 12.1. The predicted octanol–water partition coefficient (Wildman–Crippen LogP) is 4.94. The molecule has 1 fully saturated rings. The summed E-state index contributed by atoms with van der Waals surface area (Å²) in [7, 11) is 1.60. The van der Waals surface area contributed by atoms with Gasteiger partial charge in [0, 0.05) is 13.0 Å². The maximum Gasteiger partial charge on any atom is 0.126 e. The normalized spacial score (nSPS) is 27.0. The fraction of sp³-hybridized carbons (Fsp3) is 0.880. The lowest BCUT2D eigenvalue weighted by Gasteiger charge is -2.43. The van der Waals surface area contributed by atoms with Gasteiger partial charge >= 0.3 is 0 Å². The Hall–Kier alpha value is -1.25. The lowest BCUT2D eigenvalue weighted by Crippen LogP contribution is -2.45. The molecule has 1 aliphatic carbocycles. The molecule has 1 aliphatic rings. The molecule has 172 valence electrons. The van der Waals surface area contributed by atoms with Crippen LogP contribution in [0.1, 0.15) is 85.0 Å². The Morgan fingerprint density at radius 1 is 1.13 bits per heavy atom. The van der Waals surface area contributed by atoms with E-state index in [4.69, 9.17) is 4.74 Å². The molecule has 0 aliphatic heterocycles. The number of aldehydes is 2. The van der Waals surface area contributed by atoms with Gasteiger partial charge in [0.15, 0.2) is 0 Å². The fourth-order valence-corrected chi connectivity index (χ4v) is 5.24. The Labute approximate surface area is 184 Å². The van der Waals surface area contributed by atoms with Crippen molar-refractivity contribution in [2.45, 2.75) is 91.1 Å². The Morgan fingerprint density at radius 3 is 2.43 bits per heavy atom. The lowest BCUT2D eigenvalue weighted by atomic mass is 9.61. The molecule has 1 N–H and O–H groups in total. The minimum Gasteiger partial charge on any atom is -0.381 e. The molecular weight excluding hydrogens is 376 g/mol. The van der Waals surface area contributed by atoms with Crippen molar-refractivity contribution in [2.24, 2.45) is 29.1 Å². The highest BCUT2D eigenvalue weighted by Gasteiger charge is 2.46. The van der Waals surface area contributed by atoms with Crippen LogP contribution in [0.3, 0.4) is 0 Å². The van der Waals surface area contributed by atoms with E-state index in [0.29, 0.717) is 12.8 Å². The van der Waals surface area contributed by atoms with Crippen LogP contribution >= 0.6 is 0 Å². The van der Waals surface area contributed by atoms with E-state index >= 15 is 0 Å². The van der Waals surface area contributed by atoms with Gasteiger partial charge in [0.25, 0.3) is 0 Å². The zero-order chi connectivity index (χ0) is 22.4. The molecule has 0 spiro atoms. The van der Waals surface area contributed by atoms with E-state index in [1.165, 1.54) is 32.1 Å². The van der Waals surface area contributed by atoms with Gasteiger partial charge in [-0.25, -0.2) is 0 Å². The van der Waals surface area contributed by atoms with E-state index in [0.717, 1.165) is 50.8 Å². The average Bonchev–Trinajstić information content (AvgIpc) is 2.79. The Bertz CT molecular complexity index is 533. The first-order valence-corrected chi connectivity index (χ1v) is 12.1. The maximum absolute atomic E-state index is 11.6. The molecule has 0 aromatic heterocycles. The van der Waals surface area contributed by atoms with E-state index in [9.17, 15) is 14.9 Å². The molecule has 1 rings (SSSR count). The van der Waals surface area contributed by atoms with E-state index in [2.05, 4.69) is 32.2 Å². The van der Waals surface area contributed by atoms with Gasteiger partial charge in [-0.15, -0.1) is 0 Å². The SMILES string of the molecule is CCCCC(CC)CCNCCCC(C#N)(CC)C1CC(C=O)C(C=O)C(OC)C1. The third-order valence-corrected chi connectivity index (χ3v) is 7.52. The Morgan fingerprint density at radius 2 is 1.90 bits per heavy atom. The van der Waals surface area contributed by atoms with Gasteiger partial charge in [-0.1, -0.05) is 46.5 Å². The third kappa shape index (κ3) is 7.46. The second-order valence-corrected chi connectivity index (χ2v) is 9.14. The summed E-state index contributed by atoms with van der Waals surface area (Å²) in [5, 5.41) is 13.7. The molecule has 0 heterocycles. The van der Waals surface area contributed by atoms with Crippen LogP contribution in [0.4, 0.5) is 0 Å². The average molecular weight is 421 g/mol. The number of carbonyl (C=O) groups is 2. The van der Waals surface area contributed by atoms with Gasteiger partial charge in [0.2, 0.25) is 0 Å². The molecule has 30 heavy (non-hydrogen) atoms. The van der Waals surface area contributed by atoms with Crippen LogP contribution in [0.15, 0.2) is 0 Å². The molecule has 0 amide bonds. The topological polar surface area (TPSA) is 79.2 Å². The van der Waals surface area contributed by atoms with Gasteiger partial charge in [-0.3, -0.25) is 0 Å². The minimum atomic E-state index is -0.458. The summed E-state index contributed by atoms with van der Waals surface area (Å²) < 4.78 is 5.55. The Balaban J connectivity index is 2.59. The number of hydrogen-bond donors (Lipinski definition) is 1. The van der Waals surface area contributed by atoms with E-state index in [1.807, 2.05) is 0 Å². The molecule has 0 bridgehead atoms. The van der Waals surface area contributed by atoms with Crippen molar-refractivity contribution in [3.05, 3.63) is 0 Å².